The summed E-state index contributed by atoms with van der Waals surface area (Å²) < 4.78 is 18.3. The summed E-state index contributed by atoms with van der Waals surface area (Å²) in [7, 11) is 0. The second-order valence-corrected chi connectivity index (χ2v) is 6.48. The van der Waals surface area contributed by atoms with Crippen LogP contribution in [0.15, 0.2) is 53.1 Å². The number of nitrogens with zero attached hydrogens (tertiary/aromatic N) is 1. The molecule has 0 radical (unpaired) electrons. The van der Waals surface area contributed by atoms with Crippen LogP contribution < -0.4 is 0 Å². The van der Waals surface area contributed by atoms with Crippen LogP contribution in [0.1, 0.15) is 23.4 Å². The number of hydrogen-bond acceptors (Lipinski definition) is 5. The predicted molar refractivity (Wildman–Crippen MR) is 90.3 cm³/mol. The summed E-state index contributed by atoms with van der Waals surface area (Å²) in [5.74, 6) is -2.45. The summed E-state index contributed by atoms with van der Waals surface area (Å²) in [6.07, 6.45) is 0. The van der Waals surface area contributed by atoms with Crippen LogP contribution in [0.4, 0.5) is 4.39 Å². The van der Waals surface area contributed by atoms with Crippen LogP contribution in [-0.2, 0) is 20.9 Å². The lowest BCUT2D eigenvalue weighted by atomic mass is 9.99. The van der Waals surface area contributed by atoms with Crippen molar-refractivity contribution in [2.45, 2.75) is 19.5 Å². The number of hydrogen-bond donors (Lipinski definition) is 1. The number of rotatable bonds is 5. The summed E-state index contributed by atoms with van der Waals surface area (Å²) in [4.78, 5) is 27.1. The van der Waals surface area contributed by atoms with Crippen LogP contribution in [-0.4, -0.2) is 28.5 Å². The molecule has 1 aliphatic heterocycles. The highest BCUT2D eigenvalue weighted by atomic mass is 32.1. The molecule has 7 heteroatoms. The Kier molecular flexibility index (Phi) is 4.85. The molecule has 1 aromatic heterocycles. The standard InChI is InChI=1S/C18H16FNO4S/c1-2-24-18(23)14-15(11-5-7-12(19)8-6-11)20(17(22)16(14)21)10-13-4-3-9-25-13/h3-9,15,21H,2,10H2,1H3. The molecule has 130 valence electrons. The van der Waals surface area contributed by atoms with Crippen LogP contribution >= 0.6 is 11.3 Å². The van der Waals surface area contributed by atoms with Crippen molar-refractivity contribution < 1.29 is 23.8 Å². The van der Waals surface area contributed by atoms with Crippen LogP contribution in [0.5, 0.6) is 0 Å². The topological polar surface area (TPSA) is 66.8 Å². The highest BCUT2D eigenvalue weighted by molar-refractivity contribution is 7.09. The fourth-order valence-corrected chi connectivity index (χ4v) is 3.50. The van der Waals surface area contributed by atoms with Crippen molar-refractivity contribution in [1.82, 2.24) is 4.90 Å². The molecule has 0 fully saturated rings. The molecule has 25 heavy (non-hydrogen) atoms. The van der Waals surface area contributed by atoms with Crippen LogP contribution in [0.25, 0.3) is 0 Å². The summed E-state index contributed by atoms with van der Waals surface area (Å²) >= 11 is 1.46. The first-order valence-corrected chi connectivity index (χ1v) is 8.60. The van der Waals surface area contributed by atoms with Gasteiger partial charge in [-0.25, -0.2) is 9.18 Å². The monoisotopic (exact) mass is 361 g/mol. The summed E-state index contributed by atoms with van der Waals surface area (Å²) in [5, 5.41) is 12.1. The van der Waals surface area contributed by atoms with Crippen molar-refractivity contribution in [1.29, 1.82) is 0 Å². The maximum atomic E-state index is 13.3. The molecular formula is C18H16FNO4S. The number of halogens is 1. The zero-order valence-corrected chi connectivity index (χ0v) is 14.3. The Morgan fingerprint density at radius 2 is 2.04 bits per heavy atom. The van der Waals surface area contributed by atoms with Gasteiger partial charge < -0.3 is 14.7 Å². The van der Waals surface area contributed by atoms with Gasteiger partial charge in [-0.1, -0.05) is 18.2 Å². The average Bonchev–Trinajstić information content (AvgIpc) is 3.18. The molecule has 3 rings (SSSR count). The van der Waals surface area contributed by atoms with Crippen molar-refractivity contribution in [3.63, 3.8) is 0 Å². The van der Waals surface area contributed by atoms with Gasteiger partial charge in [0.05, 0.1) is 19.2 Å². The maximum absolute atomic E-state index is 13.3. The first-order chi connectivity index (χ1) is 12.0. The number of thiophene rings is 1. The molecule has 0 bridgehead atoms. The first kappa shape index (κ1) is 17.2. The van der Waals surface area contributed by atoms with Gasteiger partial charge in [-0.2, -0.15) is 0 Å². The van der Waals surface area contributed by atoms with Gasteiger partial charge in [0, 0.05) is 4.88 Å². The molecule has 0 spiro atoms. The zero-order valence-electron chi connectivity index (χ0n) is 13.4. The lowest BCUT2D eigenvalue weighted by Gasteiger charge is -2.26. The molecular weight excluding hydrogens is 345 g/mol. The number of carbonyl (C=O) groups excluding carboxylic acids is 2. The van der Waals surface area contributed by atoms with E-state index in [-0.39, 0.29) is 18.7 Å². The van der Waals surface area contributed by atoms with E-state index in [0.29, 0.717) is 5.56 Å². The zero-order chi connectivity index (χ0) is 18.0. The Hall–Kier alpha value is -2.67. The lowest BCUT2D eigenvalue weighted by molar-refractivity contribution is -0.139. The normalized spacial score (nSPS) is 17.3. The SMILES string of the molecule is CCOC(=O)C1=C(O)C(=O)N(Cc2cccs2)C1c1ccc(F)cc1. The molecule has 1 unspecified atom stereocenters. The number of aliphatic hydroxyl groups is 1. The first-order valence-electron chi connectivity index (χ1n) is 7.72. The number of aliphatic hydroxyl groups excluding tert-OH is 1. The number of carbonyl (C=O) groups is 2. The molecule has 1 aromatic carbocycles. The molecule has 1 aliphatic rings. The molecule has 0 saturated carbocycles. The van der Waals surface area contributed by atoms with Crippen LogP contribution in [0.3, 0.4) is 0 Å². The Bertz CT molecular complexity index is 814. The number of amides is 1. The van der Waals surface area contributed by atoms with E-state index in [1.807, 2.05) is 17.5 Å². The predicted octanol–water partition coefficient (Wildman–Crippen LogP) is 3.35. The van der Waals surface area contributed by atoms with Gasteiger partial charge >= 0.3 is 5.97 Å². The molecule has 1 amide bonds. The van der Waals surface area contributed by atoms with E-state index < -0.39 is 29.5 Å². The fraction of sp³-hybridized carbons (Fsp3) is 0.222. The molecule has 2 aromatic rings. The van der Waals surface area contributed by atoms with Crippen molar-refractivity contribution in [2.24, 2.45) is 0 Å². The van der Waals surface area contributed by atoms with E-state index in [9.17, 15) is 19.1 Å². The third kappa shape index (κ3) is 3.28. The van der Waals surface area contributed by atoms with Gasteiger partial charge in [0.25, 0.3) is 5.91 Å². The van der Waals surface area contributed by atoms with Gasteiger partial charge in [0.15, 0.2) is 5.76 Å². The number of ether oxygens (including phenoxy) is 1. The van der Waals surface area contributed by atoms with Gasteiger partial charge in [0.2, 0.25) is 0 Å². The third-order valence-corrected chi connectivity index (χ3v) is 4.75. The minimum absolute atomic E-state index is 0.116. The Labute approximate surface area is 148 Å². The average molecular weight is 361 g/mol. The lowest BCUT2D eigenvalue weighted by Crippen LogP contribution is -2.30. The van der Waals surface area contributed by atoms with Crippen molar-refractivity contribution >= 4 is 23.2 Å². The molecule has 2 heterocycles. The second-order valence-electron chi connectivity index (χ2n) is 5.45. The Balaban J connectivity index is 2.04. The van der Waals surface area contributed by atoms with Crippen LogP contribution in [0.2, 0.25) is 0 Å². The van der Waals surface area contributed by atoms with Gasteiger partial charge in [-0.15, -0.1) is 11.3 Å². The van der Waals surface area contributed by atoms with Crippen molar-refractivity contribution in [3.05, 3.63) is 69.4 Å². The van der Waals surface area contributed by atoms with E-state index in [0.717, 1.165) is 4.88 Å². The third-order valence-electron chi connectivity index (χ3n) is 3.89. The number of benzene rings is 1. The fourth-order valence-electron chi connectivity index (χ4n) is 2.80. The molecule has 1 N–H and O–H groups in total. The number of esters is 1. The van der Waals surface area contributed by atoms with E-state index in [1.54, 1.807) is 6.92 Å². The summed E-state index contributed by atoms with van der Waals surface area (Å²) in [6.45, 7) is 1.99. The highest BCUT2D eigenvalue weighted by Crippen LogP contribution is 2.39. The van der Waals surface area contributed by atoms with E-state index >= 15 is 0 Å². The molecule has 0 aliphatic carbocycles. The van der Waals surface area contributed by atoms with E-state index in [4.69, 9.17) is 4.74 Å². The molecule has 0 saturated heterocycles. The van der Waals surface area contributed by atoms with Crippen molar-refractivity contribution in [3.8, 4) is 0 Å². The quantitative estimate of drug-likeness (QED) is 0.830. The van der Waals surface area contributed by atoms with Crippen LogP contribution in [0, 0.1) is 5.82 Å². The summed E-state index contributed by atoms with van der Waals surface area (Å²) in [6, 6.07) is 8.38. The Morgan fingerprint density at radius 3 is 2.64 bits per heavy atom. The maximum Gasteiger partial charge on any atom is 0.340 e. The van der Waals surface area contributed by atoms with E-state index in [2.05, 4.69) is 0 Å². The largest absolute Gasteiger partial charge is 0.503 e. The minimum Gasteiger partial charge on any atom is -0.503 e. The molecule has 5 nitrogen and oxygen atoms in total. The second kappa shape index (κ2) is 7.06. The molecule has 1 atom stereocenters. The van der Waals surface area contributed by atoms with E-state index in [1.165, 1.54) is 40.5 Å². The van der Waals surface area contributed by atoms with Gasteiger partial charge in [-0.3, -0.25) is 4.79 Å². The van der Waals surface area contributed by atoms with Crippen molar-refractivity contribution in [2.75, 3.05) is 6.61 Å². The summed E-state index contributed by atoms with van der Waals surface area (Å²) in [5.41, 5.74) is 0.411. The van der Waals surface area contributed by atoms with Gasteiger partial charge in [-0.05, 0) is 36.1 Å². The van der Waals surface area contributed by atoms with Gasteiger partial charge in [0.1, 0.15) is 11.4 Å². The smallest absolute Gasteiger partial charge is 0.340 e. The minimum atomic E-state index is -0.825. The Morgan fingerprint density at radius 1 is 1.32 bits per heavy atom. The highest BCUT2D eigenvalue weighted by Gasteiger charge is 2.44.